The summed E-state index contributed by atoms with van der Waals surface area (Å²) in [5, 5.41) is 11.1. The summed E-state index contributed by atoms with van der Waals surface area (Å²) in [6.45, 7) is 6.39. The molecule has 0 unspecified atom stereocenters. The van der Waals surface area contributed by atoms with Crippen LogP contribution in [0.1, 0.15) is 52.1 Å². The lowest BCUT2D eigenvalue weighted by molar-refractivity contribution is 0.0728. The second-order valence-electron chi connectivity index (χ2n) is 6.47. The highest BCUT2D eigenvalue weighted by atomic mass is 16.5. The van der Waals surface area contributed by atoms with Crippen LogP contribution in [0.15, 0.2) is 27.1 Å². The van der Waals surface area contributed by atoms with Crippen LogP contribution < -0.4 is 0 Å². The number of carbonyl (C=O) groups excluding carboxylic acids is 1. The molecule has 4 heterocycles. The van der Waals surface area contributed by atoms with Crippen molar-refractivity contribution in [1.82, 2.24) is 20.3 Å². The molecule has 1 amide bonds. The first kappa shape index (κ1) is 15.7. The van der Waals surface area contributed by atoms with Gasteiger partial charge in [-0.1, -0.05) is 5.16 Å². The molecule has 1 N–H and O–H groups in total. The van der Waals surface area contributed by atoms with Gasteiger partial charge in [-0.2, -0.15) is 5.10 Å². The van der Waals surface area contributed by atoms with E-state index in [0.29, 0.717) is 23.7 Å². The van der Waals surface area contributed by atoms with Gasteiger partial charge in [-0.05, 0) is 45.7 Å². The maximum atomic E-state index is 13.0. The summed E-state index contributed by atoms with van der Waals surface area (Å²) < 4.78 is 10.9. The van der Waals surface area contributed by atoms with Gasteiger partial charge in [-0.15, -0.1) is 0 Å². The van der Waals surface area contributed by atoms with Gasteiger partial charge in [0.2, 0.25) is 0 Å². The third-order valence-corrected chi connectivity index (χ3v) is 4.74. The quantitative estimate of drug-likeness (QED) is 0.787. The van der Waals surface area contributed by atoms with Crippen LogP contribution in [0, 0.1) is 20.8 Å². The smallest absolute Gasteiger partial charge is 0.274 e. The molecule has 3 aromatic rings. The molecule has 3 aromatic heterocycles. The Morgan fingerprint density at radius 1 is 1.32 bits per heavy atom. The van der Waals surface area contributed by atoms with Crippen molar-refractivity contribution in [3.63, 3.8) is 0 Å². The fourth-order valence-corrected chi connectivity index (χ4v) is 3.56. The predicted molar refractivity (Wildman–Crippen MR) is 90.0 cm³/mol. The van der Waals surface area contributed by atoms with Gasteiger partial charge in [-0.25, -0.2) is 0 Å². The van der Waals surface area contributed by atoms with E-state index in [4.69, 9.17) is 8.94 Å². The first-order valence-corrected chi connectivity index (χ1v) is 8.40. The molecular weight excluding hydrogens is 320 g/mol. The second-order valence-corrected chi connectivity index (χ2v) is 6.47. The number of furan rings is 1. The lowest BCUT2D eigenvalue weighted by Gasteiger charge is -2.23. The highest BCUT2D eigenvalue weighted by Gasteiger charge is 2.35. The van der Waals surface area contributed by atoms with Crippen LogP contribution in [0.25, 0.3) is 11.5 Å². The number of aromatic amines is 1. The lowest BCUT2D eigenvalue weighted by Crippen LogP contribution is -2.31. The minimum Gasteiger partial charge on any atom is -0.460 e. The van der Waals surface area contributed by atoms with E-state index < -0.39 is 0 Å². The molecule has 4 rings (SSSR count). The molecule has 1 fully saturated rings. The summed E-state index contributed by atoms with van der Waals surface area (Å²) in [5.41, 5.74) is 2.95. The third kappa shape index (κ3) is 2.65. The van der Waals surface area contributed by atoms with Gasteiger partial charge in [0, 0.05) is 18.2 Å². The number of H-pyrrole nitrogens is 1. The Bertz CT molecular complexity index is 901. The van der Waals surface area contributed by atoms with E-state index in [1.54, 1.807) is 6.07 Å². The van der Waals surface area contributed by atoms with Gasteiger partial charge in [0.15, 0.2) is 11.5 Å². The predicted octanol–water partition coefficient (Wildman–Crippen LogP) is 3.56. The Morgan fingerprint density at radius 3 is 2.84 bits per heavy atom. The van der Waals surface area contributed by atoms with Crippen LogP contribution in [0.2, 0.25) is 0 Å². The Morgan fingerprint density at radius 2 is 2.16 bits per heavy atom. The first-order chi connectivity index (χ1) is 12.0. The molecule has 7 nitrogen and oxygen atoms in total. The molecule has 7 heteroatoms. The number of nitrogens with zero attached hydrogens (tertiary/aromatic N) is 3. The molecular formula is C18H20N4O3. The topological polar surface area (TPSA) is 88.2 Å². The number of aromatic nitrogens is 3. The first-order valence-electron chi connectivity index (χ1n) is 8.40. The zero-order chi connectivity index (χ0) is 17.6. The largest absolute Gasteiger partial charge is 0.460 e. The van der Waals surface area contributed by atoms with Crippen molar-refractivity contribution in [2.45, 2.75) is 39.7 Å². The van der Waals surface area contributed by atoms with Crippen molar-refractivity contribution in [3.05, 3.63) is 46.7 Å². The molecule has 0 spiro atoms. The Balaban J connectivity index is 1.61. The lowest BCUT2D eigenvalue weighted by atomic mass is 10.0. The van der Waals surface area contributed by atoms with Gasteiger partial charge in [0.25, 0.3) is 5.91 Å². The number of amides is 1. The van der Waals surface area contributed by atoms with Gasteiger partial charge in [-0.3, -0.25) is 9.89 Å². The summed E-state index contributed by atoms with van der Waals surface area (Å²) >= 11 is 0. The third-order valence-electron chi connectivity index (χ3n) is 4.74. The molecule has 1 aliphatic heterocycles. The fourth-order valence-electron chi connectivity index (χ4n) is 3.56. The van der Waals surface area contributed by atoms with Crippen molar-refractivity contribution in [1.29, 1.82) is 0 Å². The minimum absolute atomic E-state index is 0.00948. The summed E-state index contributed by atoms with van der Waals surface area (Å²) in [6.07, 6.45) is 1.86. The van der Waals surface area contributed by atoms with E-state index in [1.807, 2.05) is 37.8 Å². The van der Waals surface area contributed by atoms with Crippen molar-refractivity contribution >= 4 is 5.91 Å². The monoisotopic (exact) mass is 340 g/mol. The van der Waals surface area contributed by atoms with E-state index in [-0.39, 0.29) is 11.9 Å². The highest BCUT2D eigenvalue weighted by Crippen LogP contribution is 2.36. The Hall–Kier alpha value is -2.83. The van der Waals surface area contributed by atoms with Crippen molar-refractivity contribution in [2.75, 3.05) is 6.54 Å². The summed E-state index contributed by atoms with van der Waals surface area (Å²) in [5.74, 6) is 2.17. The molecule has 0 aliphatic carbocycles. The van der Waals surface area contributed by atoms with Crippen LogP contribution in [-0.2, 0) is 0 Å². The van der Waals surface area contributed by atoms with Crippen LogP contribution >= 0.6 is 0 Å². The van der Waals surface area contributed by atoms with E-state index in [1.165, 1.54) is 0 Å². The average Bonchev–Trinajstić information content (AvgIpc) is 3.34. The van der Waals surface area contributed by atoms with E-state index in [9.17, 15) is 4.79 Å². The molecule has 25 heavy (non-hydrogen) atoms. The van der Waals surface area contributed by atoms with Crippen molar-refractivity contribution < 1.29 is 13.7 Å². The number of carbonyl (C=O) groups is 1. The SMILES string of the molecule is Cc1ccc(-c2cc(C(=O)N3CCC[C@H]3c3c(C)noc3C)n[nH]2)o1. The molecule has 1 atom stereocenters. The van der Waals surface area contributed by atoms with Crippen LogP contribution in [0.3, 0.4) is 0 Å². The normalized spacial score (nSPS) is 17.4. The average molecular weight is 340 g/mol. The van der Waals surface area contributed by atoms with Crippen LogP contribution in [0.4, 0.5) is 0 Å². The highest BCUT2D eigenvalue weighted by molar-refractivity contribution is 5.93. The molecule has 1 saturated heterocycles. The zero-order valence-corrected chi connectivity index (χ0v) is 14.5. The number of hydrogen-bond donors (Lipinski definition) is 1. The standard InChI is InChI=1S/C18H20N4O3/c1-10-6-7-16(24-10)13-9-14(20-19-13)18(23)22-8-4-5-15(22)17-11(2)21-25-12(17)3/h6-7,9,15H,4-5,8H2,1-3H3,(H,19,20)/t15-/m0/s1. The number of rotatable bonds is 3. The maximum Gasteiger partial charge on any atom is 0.274 e. The maximum absolute atomic E-state index is 13.0. The van der Waals surface area contributed by atoms with Crippen molar-refractivity contribution in [3.8, 4) is 11.5 Å². The Labute approximate surface area is 145 Å². The number of nitrogens with one attached hydrogen (secondary N) is 1. The van der Waals surface area contributed by atoms with Gasteiger partial charge in [0.1, 0.15) is 17.2 Å². The number of aryl methyl sites for hydroxylation is 3. The Kier molecular flexibility index (Phi) is 3.71. The van der Waals surface area contributed by atoms with Gasteiger partial charge in [0.05, 0.1) is 11.7 Å². The molecule has 0 bridgehead atoms. The number of likely N-dealkylation sites (tertiary alicyclic amines) is 1. The fraction of sp³-hybridized carbons (Fsp3) is 0.389. The van der Waals surface area contributed by atoms with Crippen molar-refractivity contribution in [2.24, 2.45) is 0 Å². The molecule has 0 aromatic carbocycles. The van der Waals surface area contributed by atoms with E-state index in [0.717, 1.165) is 35.6 Å². The summed E-state index contributed by atoms with van der Waals surface area (Å²) in [7, 11) is 0. The summed E-state index contributed by atoms with van der Waals surface area (Å²) in [4.78, 5) is 14.8. The summed E-state index contributed by atoms with van der Waals surface area (Å²) in [6, 6.07) is 5.47. The van der Waals surface area contributed by atoms with E-state index >= 15 is 0 Å². The number of hydrogen-bond acceptors (Lipinski definition) is 5. The second kappa shape index (κ2) is 5.91. The minimum atomic E-state index is -0.0896. The van der Waals surface area contributed by atoms with Crippen LogP contribution in [0.5, 0.6) is 0 Å². The molecule has 130 valence electrons. The van der Waals surface area contributed by atoms with Gasteiger partial charge < -0.3 is 13.8 Å². The molecule has 0 saturated carbocycles. The van der Waals surface area contributed by atoms with Crippen LogP contribution in [-0.4, -0.2) is 32.7 Å². The molecule has 0 radical (unpaired) electrons. The van der Waals surface area contributed by atoms with E-state index in [2.05, 4.69) is 15.4 Å². The molecule has 1 aliphatic rings. The van der Waals surface area contributed by atoms with Gasteiger partial charge >= 0.3 is 0 Å². The zero-order valence-electron chi connectivity index (χ0n) is 14.5.